The maximum absolute atomic E-state index is 13.9. The van der Waals surface area contributed by atoms with Crippen molar-refractivity contribution in [3.05, 3.63) is 51.5 Å². The lowest BCUT2D eigenvalue weighted by Gasteiger charge is -2.18. The molecule has 0 aliphatic carbocycles. The van der Waals surface area contributed by atoms with Crippen molar-refractivity contribution >= 4 is 11.3 Å². The van der Waals surface area contributed by atoms with Gasteiger partial charge < -0.3 is 10.1 Å². The maximum Gasteiger partial charge on any atom is 0.131 e. The highest BCUT2D eigenvalue weighted by molar-refractivity contribution is 7.10. The number of thiophene rings is 1. The smallest absolute Gasteiger partial charge is 0.131 e. The van der Waals surface area contributed by atoms with Gasteiger partial charge in [0.25, 0.3) is 0 Å². The lowest BCUT2D eigenvalue weighted by atomic mass is 10.1. The van der Waals surface area contributed by atoms with E-state index in [1.807, 2.05) is 6.92 Å². The van der Waals surface area contributed by atoms with Gasteiger partial charge in [-0.15, -0.1) is 11.3 Å². The summed E-state index contributed by atoms with van der Waals surface area (Å²) >= 11 is 1.71. The van der Waals surface area contributed by atoms with E-state index in [9.17, 15) is 4.39 Å². The zero-order valence-electron chi connectivity index (χ0n) is 11.4. The first-order valence-electron chi connectivity index (χ1n) is 6.22. The second-order valence-corrected chi connectivity index (χ2v) is 5.49. The van der Waals surface area contributed by atoms with Crippen LogP contribution in [0.15, 0.2) is 29.6 Å². The molecule has 1 N–H and O–H groups in total. The van der Waals surface area contributed by atoms with Crippen molar-refractivity contribution in [1.29, 1.82) is 0 Å². The number of aryl methyl sites for hydroxylation is 1. The summed E-state index contributed by atoms with van der Waals surface area (Å²) in [7, 11) is 1.56. The van der Waals surface area contributed by atoms with Crippen LogP contribution in [-0.4, -0.2) is 7.11 Å². The topological polar surface area (TPSA) is 21.3 Å². The highest BCUT2D eigenvalue weighted by atomic mass is 32.1. The molecule has 1 heterocycles. The van der Waals surface area contributed by atoms with Crippen molar-refractivity contribution in [3.63, 3.8) is 0 Å². The molecule has 4 heteroatoms. The van der Waals surface area contributed by atoms with Gasteiger partial charge in [0.2, 0.25) is 0 Å². The Balaban J connectivity index is 2.12. The lowest BCUT2D eigenvalue weighted by Crippen LogP contribution is -2.19. The Morgan fingerprint density at radius 3 is 2.79 bits per heavy atom. The summed E-state index contributed by atoms with van der Waals surface area (Å²) in [4.78, 5) is 1.28. The molecule has 2 rings (SSSR count). The Labute approximate surface area is 117 Å². The molecule has 102 valence electrons. The van der Waals surface area contributed by atoms with E-state index >= 15 is 0 Å². The van der Waals surface area contributed by atoms with Crippen LogP contribution in [0.1, 0.15) is 29.0 Å². The van der Waals surface area contributed by atoms with E-state index in [1.165, 1.54) is 16.5 Å². The number of halogens is 1. The molecule has 1 aromatic heterocycles. The van der Waals surface area contributed by atoms with Gasteiger partial charge in [-0.2, -0.15) is 0 Å². The maximum atomic E-state index is 13.9. The first kappa shape index (κ1) is 14.0. The molecule has 1 atom stereocenters. The minimum atomic E-state index is -0.234. The first-order chi connectivity index (χ1) is 9.13. The number of hydrogen-bond acceptors (Lipinski definition) is 3. The average Bonchev–Trinajstić information content (AvgIpc) is 2.81. The van der Waals surface area contributed by atoms with E-state index in [0.717, 1.165) is 6.54 Å². The second-order valence-electron chi connectivity index (χ2n) is 4.49. The predicted octanol–water partition coefficient (Wildman–Crippen LogP) is 4.06. The van der Waals surface area contributed by atoms with Gasteiger partial charge in [0.15, 0.2) is 0 Å². The van der Waals surface area contributed by atoms with Crippen molar-refractivity contribution in [2.24, 2.45) is 0 Å². The molecule has 0 fully saturated rings. The Morgan fingerprint density at radius 2 is 2.16 bits per heavy atom. The van der Waals surface area contributed by atoms with Crippen LogP contribution in [0.5, 0.6) is 5.75 Å². The van der Waals surface area contributed by atoms with Crippen LogP contribution in [0.2, 0.25) is 0 Å². The van der Waals surface area contributed by atoms with Gasteiger partial charge in [0.1, 0.15) is 11.6 Å². The third-order valence-electron chi connectivity index (χ3n) is 3.20. The minimum Gasteiger partial charge on any atom is -0.496 e. The zero-order chi connectivity index (χ0) is 13.8. The van der Waals surface area contributed by atoms with E-state index < -0.39 is 0 Å². The molecule has 0 bridgehead atoms. The average molecular weight is 279 g/mol. The molecule has 0 amide bonds. The van der Waals surface area contributed by atoms with E-state index in [0.29, 0.717) is 11.3 Å². The van der Waals surface area contributed by atoms with Crippen LogP contribution in [0, 0.1) is 12.7 Å². The number of methoxy groups -OCH3 is 1. The monoisotopic (exact) mass is 279 g/mol. The van der Waals surface area contributed by atoms with Gasteiger partial charge in [0, 0.05) is 23.0 Å². The van der Waals surface area contributed by atoms with Crippen LogP contribution < -0.4 is 10.1 Å². The standard InChI is InChI=1S/C15H18FNOS/c1-10-7-8-19-14(10)9-17-11(2)15-12(16)5-4-6-13(15)18-3/h4-8,11,17H,9H2,1-3H3. The van der Waals surface area contributed by atoms with Crippen LogP contribution in [0.3, 0.4) is 0 Å². The van der Waals surface area contributed by atoms with Crippen molar-refractivity contribution in [2.75, 3.05) is 7.11 Å². The van der Waals surface area contributed by atoms with Crippen LogP contribution >= 0.6 is 11.3 Å². The summed E-state index contributed by atoms with van der Waals surface area (Å²) in [5.74, 6) is 0.352. The molecule has 1 aromatic carbocycles. The fraction of sp³-hybridized carbons (Fsp3) is 0.333. The van der Waals surface area contributed by atoms with Crippen molar-refractivity contribution in [1.82, 2.24) is 5.32 Å². The second kappa shape index (κ2) is 6.17. The molecule has 0 aliphatic rings. The molecular weight excluding hydrogens is 261 g/mol. The van der Waals surface area contributed by atoms with Gasteiger partial charge in [-0.25, -0.2) is 4.39 Å². The van der Waals surface area contributed by atoms with Crippen LogP contribution in [0.25, 0.3) is 0 Å². The van der Waals surface area contributed by atoms with Gasteiger partial charge in [-0.3, -0.25) is 0 Å². The van der Waals surface area contributed by atoms with Crippen molar-refractivity contribution < 1.29 is 9.13 Å². The predicted molar refractivity (Wildman–Crippen MR) is 77.3 cm³/mol. The Morgan fingerprint density at radius 1 is 1.37 bits per heavy atom. The Kier molecular flexibility index (Phi) is 4.56. The molecule has 2 nitrogen and oxygen atoms in total. The van der Waals surface area contributed by atoms with Crippen LogP contribution in [0.4, 0.5) is 4.39 Å². The van der Waals surface area contributed by atoms with Crippen molar-refractivity contribution in [2.45, 2.75) is 26.4 Å². The molecular formula is C15H18FNOS. The van der Waals surface area contributed by atoms with Crippen LogP contribution in [-0.2, 0) is 6.54 Å². The highest BCUT2D eigenvalue weighted by Crippen LogP contribution is 2.28. The highest BCUT2D eigenvalue weighted by Gasteiger charge is 2.16. The molecule has 0 saturated carbocycles. The molecule has 0 radical (unpaired) electrons. The lowest BCUT2D eigenvalue weighted by molar-refractivity contribution is 0.393. The summed E-state index contributed by atoms with van der Waals surface area (Å²) in [6, 6.07) is 6.90. The summed E-state index contributed by atoms with van der Waals surface area (Å²) in [5.41, 5.74) is 1.85. The molecule has 19 heavy (non-hydrogen) atoms. The third kappa shape index (κ3) is 3.14. The fourth-order valence-electron chi connectivity index (χ4n) is 2.05. The summed E-state index contributed by atoms with van der Waals surface area (Å²) in [6.07, 6.45) is 0. The molecule has 0 saturated heterocycles. The Bertz CT molecular complexity index is 553. The number of ether oxygens (including phenoxy) is 1. The zero-order valence-corrected chi connectivity index (χ0v) is 12.2. The number of benzene rings is 1. The fourth-order valence-corrected chi connectivity index (χ4v) is 2.91. The SMILES string of the molecule is COc1cccc(F)c1C(C)NCc1sccc1C. The molecule has 0 spiro atoms. The van der Waals surface area contributed by atoms with E-state index in [1.54, 1.807) is 30.6 Å². The van der Waals surface area contributed by atoms with E-state index in [-0.39, 0.29) is 11.9 Å². The summed E-state index contributed by atoms with van der Waals surface area (Å²) in [5, 5.41) is 5.42. The normalized spacial score (nSPS) is 12.4. The van der Waals surface area contributed by atoms with Crippen molar-refractivity contribution in [3.8, 4) is 5.75 Å². The molecule has 1 unspecified atom stereocenters. The molecule has 2 aromatic rings. The third-order valence-corrected chi connectivity index (χ3v) is 4.23. The van der Waals surface area contributed by atoms with E-state index in [4.69, 9.17) is 4.74 Å². The number of nitrogens with one attached hydrogen (secondary N) is 1. The number of hydrogen-bond donors (Lipinski definition) is 1. The molecule has 0 aliphatic heterocycles. The largest absolute Gasteiger partial charge is 0.496 e. The minimum absolute atomic E-state index is 0.0994. The van der Waals surface area contributed by atoms with Gasteiger partial charge >= 0.3 is 0 Å². The first-order valence-corrected chi connectivity index (χ1v) is 7.10. The van der Waals surface area contributed by atoms with Gasteiger partial charge in [-0.05, 0) is 43.0 Å². The Hall–Kier alpha value is -1.39. The van der Waals surface area contributed by atoms with Gasteiger partial charge in [0.05, 0.1) is 7.11 Å². The number of rotatable bonds is 5. The summed E-state index contributed by atoms with van der Waals surface area (Å²) < 4.78 is 19.1. The van der Waals surface area contributed by atoms with E-state index in [2.05, 4.69) is 23.7 Å². The van der Waals surface area contributed by atoms with Gasteiger partial charge in [-0.1, -0.05) is 6.07 Å². The quantitative estimate of drug-likeness (QED) is 0.891. The summed E-state index contributed by atoms with van der Waals surface area (Å²) in [6.45, 7) is 4.77.